The minimum atomic E-state index is -0.609. The highest BCUT2D eigenvalue weighted by molar-refractivity contribution is 5.87. The second-order valence-corrected chi connectivity index (χ2v) is 7.75. The minimum Gasteiger partial charge on any atom is -0.427 e. The molecule has 0 aliphatic carbocycles. The lowest BCUT2D eigenvalue weighted by Crippen LogP contribution is -2.05. The smallest absolute Gasteiger partial charge is 0.346 e. The second-order valence-electron chi connectivity index (χ2n) is 7.75. The summed E-state index contributed by atoms with van der Waals surface area (Å²) in [7, 11) is 0. The van der Waals surface area contributed by atoms with Crippen molar-refractivity contribution >= 4 is 16.8 Å². The maximum Gasteiger partial charge on any atom is 0.346 e. The lowest BCUT2D eigenvalue weighted by atomic mass is 9.97. The first-order chi connectivity index (χ1) is 15.1. The van der Waals surface area contributed by atoms with Gasteiger partial charge in [0.1, 0.15) is 17.0 Å². The van der Waals surface area contributed by atoms with Crippen LogP contribution in [0, 0.1) is 5.82 Å². The van der Waals surface area contributed by atoms with Crippen LogP contribution in [0.3, 0.4) is 0 Å². The van der Waals surface area contributed by atoms with E-state index in [0.717, 1.165) is 41.5 Å². The fraction of sp³-hybridized carbons (Fsp3) is 0.179. The van der Waals surface area contributed by atoms with Crippen molar-refractivity contribution in [3.05, 3.63) is 101 Å². The number of fused-ring (bicyclic) bond motifs is 1. The van der Waals surface area contributed by atoms with E-state index in [-0.39, 0.29) is 5.39 Å². The van der Waals surface area contributed by atoms with Gasteiger partial charge in [-0.15, -0.1) is 0 Å². The van der Waals surface area contributed by atoms with Crippen LogP contribution in [-0.4, -0.2) is 0 Å². The van der Waals surface area contributed by atoms with Crippen molar-refractivity contribution in [2.75, 3.05) is 0 Å². The predicted molar refractivity (Wildman–Crippen MR) is 127 cm³/mol. The monoisotopic (exact) mass is 412 g/mol. The third-order valence-electron chi connectivity index (χ3n) is 5.62. The summed E-state index contributed by atoms with van der Waals surface area (Å²) in [4.78, 5) is 12.5. The number of hydrogen-bond acceptors (Lipinski definition) is 2. The maximum atomic E-state index is 15.3. The van der Waals surface area contributed by atoms with E-state index >= 15 is 4.39 Å². The Morgan fingerprint density at radius 3 is 2.19 bits per heavy atom. The lowest BCUT2D eigenvalue weighted by Gasteiger charge is -2.09. The first-order valence-electron chi connectivity index (χ1n) is 10.7. The van der Waals surface area contributed by atoms with Crippen LogP contribution in [0.1, 0.15) is 37.5 Å². The molecule has 3 heteroatoms. The largest absolute Gasteiger partial charge is 0.427 e. The quantitative estimate of drug-likeness (QED) is 0.292. The molecule has 0 amide bonds. The average Bonchev–Trinajstić information content (AvgIpc) is 2.79. The Hall–Kier alpha value is -3.46. The summed E-state index contributed by atoms with van der Waals surface area (Å²) in [5.41, 5.74) is 3.68. The van der Waals surface area contributed by atoms with Crippen molar-refractivity contribution in [3.63, 3.8) is 0 Å². The molecule has 0 fully saturated rings. The van der Waals surface area contributed by atoms with Crippen molar-refractivity contribution in [2.45, 2.75) is 32.6 Å². The molecule has 0 aliphatic heterocycles. The van der Waals surface area contributed by atoms with Crippen molar-refractivity contribution in [3.8, 4) is 22.3 Å². The van der Waals surface area contributed by atoms with Crippen LogP contribution >= 0.6 is 0 Å². The Balaban J connectivity index is 1.66. The van der Waals surface area contributed by atoms with Crippen molar-refractivity contribution < 1.29 is 8.81 Å². The van der Waals surface area contributed by atoms with Gasteiger partial charge in [-0.3, -0.25) is 0 Å². The molecule has 156 valence electrons. The Morgan fingerprint density at radius 2 is 1.55 bits per heavy atom. The fourth-order valence-electron chi connectivity index (χ4n) is 3.84. The van der Waals surface area contributed by atoms with Gasteiger partial charge < -0.3 is 4.42 Å². The molecule has 1 aromatic heterocycles. The summed E-state index contributed by atoms with van der Waals surface area (Å²) in [5.74, 6) is 0.0827. The summed E-state index contributed by atoms with van der Waals surface area (Å²) in [5, 5.41) is 0.601. The van der Waals surface area contributed by atoms with Gasteiger partial charge >= 0.3 is 5.63 Å². The molecule has 0 bridgehead atoms. The second kappa shape index (κ2) is 9.13. The highest BCUT2D eigenvalue weighted by Crippen LogP contribution is 2.30. The fourth-order valence-corrected chi connectivity index (χ4v) is 3.84. The molecular formula is C28H25FO2. The Labute approximate surface area is 181 Å². The highest BCUT2D eigenvalue weighted by Gasteiger charge is 2.15. The van der Waals surface area contributed by atoms with Gasteiger partial charge in [0.2, 0.25) is 0 Å². The van der Waals surface area contributed by atoms with Gasteiger partial charge in [-0.2, -0.15) is 0 Å². The number of aryl methyl sites for hydroxylation is 1. The standard InChI is InChI=1S/C28H25FO2/c1-3-5-6-7-24-18-23-16-17-25(27(29)26(23)28(30)31-24)22-14-12-21(13-15-22)20-10-8-19(4-2)9-11-20/h4,8-18H,2-3,5-7H2,1H3. The molecule has 0 aliphatic rings. The van der Waals surface area contributed by atoms with Crippen LogP contribution < -0.4 is 5.63 Å². The summed E-state index contributed by atoms with van der Waals surface area (Å²) >= 11 is 0. The van der Waals surface area contributed by atoms with Crippen molar-refractivity contribution in [2.24, 2.45) is 0 Å². The first-order valence-corrected chi connectivity index (χ1v) is 10.7. The van der Waals surface area contributed by atoms with Gasteiger partial charge in [-0.25, -0.2) is 9.18 Å². The van der Waals surface area contributed by atoms with Crippen LogP contribution in [0.15, 0.2) is 82.5 Å². The molecule has 0 spiro atoms. The Bertz CT molecular complexity index is 1270. The number of unbranched alkanes of at least 4 members (excludes halogenated alkanes) is 2. The van der Waals surface area contributed by atoms with Crippen molar-refractivity contribution in [1.82, 2.24) is 0 Å². The van der Waals surface area contributed by atoms with E-state index in [0.29, 0.717) is 23.1 Å². The maximum absolute atomic E-state index is 15.3. The van der Waals surface area contributed by atoms with E-state index in [9.17, 15) is 4.79 Å². The minimum absolute atomic E-state index is 0.0147. The zero-order valence-corrected chi connectivity index (χ0v) is 17.7. The normalized spacial score (nSPS) is 11.0. The number of rotatable bonds is 7. The van der Waals surface area contributed by atoms with E-state index in [1.165, 1.54) is 0 Å². The van der Waals surface area contributed by atoms with E-state index < -0.39 is 11.4 Å². The number of halogens is 1. The summed E-state index contributed by atoms with van der Waals surface area (Å²) < 4.78 is 20.7. The molecule has 4 aromatic rings. The van der Waals surface area contributed by atoms with Crippen LogP contribution in [0.25, 0.3) is 39.1 Å². The summed E-state index contributed by atoms with van der Waals surface area (Å²) in [6.45, 7) is 5.89. The molecule has 4 rings (SSSR count). The molecule has 0 saturated carbocycles. The van der Waals surface area contributed by atoms with Gasteiger partial charge in [0.25, 0.3) is 0 Å². The lowest BCUT2D eigenvalue weighted by molar-refractivity contribution is 0.455. The van der Waals surface area contributed by atoms with Gasteiger partial charge in [-0.1, -0.05) is 93.1 Å². The van der Waals surface area contributed by atoms with Crippen LogP contribution in [0.2, 0.25) is 0 Å². The number of hydrogen-bond donors (Lipinski definition) is 0. The van der Waals surface area contributed by atoms with Gasteiger partial charge in [0.05, 0.1) is 0 Å². The molecule has 1 heterocycles. The third kappa shape index (κ3) is 4.36. The van der Waals surface area contributed by atoms with E-state index in [4.69, 9.17) is 4.42 Å². The molecule has 2 nitrogen and oxygen atoms in total. The van der Waals surface area contributed by atoms with Gasteiger partial charge in [0.15, 0.2) is 0 Å². The third-order valence-corrected chi connectivity index (χ3v) is 5.62. The predicted octanol–water partition coefficient (Wildman–Crippen LogP) is 7.64. The SMILES string of the molecule is C=Cc1ccc(-c2ccc(-c3ccc4cc(CCCCC)oc(=O)c4c3F)cc2)cc1. The Kier molecular flexibility index (Phi) is 6.13. The zero-order valence-electron chi connectivity index (χ0n) is 17.7. The molecule has 0 N–H and O–H groups in total. The molecule has 3 aromatic carbocycles. The van der Waals surface area contributed by atoms with Gasteiger partial charge in [-0.05, 0) is 40.1 Å². The van der Waals surface area contributed by atoms with Gasteiger partial charge in [0, 0.05) is 12.0 Å². The molecule has 0 unspecified atom stereocenters. The number of benzene rings is 3. The van der Waals surface area contributed by atoms with Crippen LogP contribution in [0.5, 0.6) is 0 Å². The van der Waals surface area contributed by atoms with Crippen molar-refractivity contribution in [1.29, 1.82) is 0 Å². The first kappa shape index (κ1) is 20.8. The van der Waals surface area contributed by atoms with Crippen LogP contribution in [-0.2, 0) is 6.42 Å². The molecule has 31 heavy (non-hydrogen) atoms. The van der Waals surface area contributed by atoms with E-state index in [1.807, 2.05) is 48.5 Å². The van der Waals surface area contributed by atoms with E-state index in [2.05, 4.69) is 13.5 Å². The summed E-state index contributed by atoms with van der Waals surface area (Å²) in [6.07, 6.45) is 5.62. The highest BCUT2D eigenvalue weighted by atomic mass is 19.1. The summed E-state index contributed by atoms with van der Waals surface area (Å²) in [6, 6.07) is 21.1. The topological polar surface area (TPSA) is 30.2 Å². The van der Waals surface area contributed by atoms with E-state index in [1.54, 1.807) is 24.3 Å². The zero-order chi connectivity index (χ0) is 21.8. The molecule has 0 atom stereocenters. The molecule has 0 radical (unpaired) electrons. The molecular weight excluding hydrogens is 387 g/mol. The Morgan fingerprint density at radius 1 is 0.903 bits per heavy atom. The van der Waals surface area contributed by atoms with Crippen LogP contribution in [0.4, 0.5) is 4.39 Å². The molecule has 0 saturated heterocycles. The average molecular weight is 413 g/mol.